The molecule has 1 aromatic carbocycles. The second-order valence-corrected chi connectivity index (χ2v) is 11.1. The van der Waals surface area contributed by atoms with E-state index in [-0.39, 0.29) is 12.0 Å². The Morgan fingerprint density at radius 3 is 2.69 bits per heavy atom. The maximum atomic E-state index is 13.2. The lowest BCUT2D eigenvalue weighted by Gasteiger charge is -2.20. The molecule has 2 amide bonds. The van der Waals surface area contributed by atoms with Crippen LogP contribution in [0.15, 0.2) is 23.6 Å². The highest BCUT2D eigenvalue weighted by Gasteiger charge is 2.24. The van der Waals surface area contributed by atoms with Crippen molar-refractivity contribution >= 4 is 34.5 Å². The Morgan fingerprint density at radius 2 is 1.97 bits per heavy atom. The third kappa shape index (κ3) is 6.11. The predicted octanol–water partition coefficient (Wildman–Crippen LogP) is 4.22. The quantitative estimate of drug-likeness (QED) is 0.471. The van der Waals surface area contributed by atoms with Gasteiger partial charge in [0.05, 0.1) is 27.4 Å². The molecule has 0 radical (unpaired) electrons. The van der Waals surface area contributed by atoms with E-state index >= 15 is 0 Å². The van der Waals surface area contributed by atoms with Crippen LogP contribution in [-0.4, -0.2) is 70.4 Å². The van der Waals surface area contributed by atoms with Crippen LogP contribution in [-0.2, 0) is 6.42 Å². The number of likely N-dealkylation sites (N-methyl/N-ethyl adjacent to an activating group) is 1. The highest BCUT2D eigenvalue weighted by atomic mass is 32.1. The van der Waals surface area contributed by atoms with Crippen molar-refractivity contribution in [3.63, 3.8) is 0 Å². The predicted molar refractivity (Wildman–Crippen MR) is 144 cm³/mol. The number of primary amides is 1. The number of ether oxygens (including phenoxy) is 1. The van der Waals surface area contributed by atoms with E-state index in [1.165, 1.54) is 22.7 Å². The van der Waals surface area contributed by atoms with Gasteiger partial charge in [-0.05, 0) is 58.5 Å². The van der Waals surface area contributed by atoms with Gasteiger partial charge in [-0.2, -0.15) is 0 Å². The second kappa shape index (κ2) is 11.5. The molecule has 1 aliphatic heterocycles. The van der Waals surface area contributed by atoms with Crippen LogP contribution in [0.2, 0.25) is 0 Å². The largest absolute Gasteiger partial charge is 0.491 e. The van der Waals surface area contributed by atoms with Crippen LogP contribution in [0.4, 0.5) is 0 Å². The van der Waals surface area contributed by atoms with E-state index in [2.05, 4.69) is 16.8 Å². The summed E-state index contributed by atoms with van der Waals surface area (Å²) < 4.78 is 5.94. The van der Waals surface area contributed by atoms with Gasteiger partial charge in [-0.15, -0.1) is 22.7 Å². The normalized spacial score (nSPS) is 14.8. The van der Waals surface area contributed by atoms with Gasteiger partial charge in [0.15, 0.2) is 5.01 Å². The van der Waals surface area contributed by atoms with Gasteiger partial charge in [-0.25, -0.2) is 9.97 Å². The molecule has 2 aromatic heterocycles. The molecule has 3 aromatic rings. The van der Waals surface area contributed by atoms with Crippen LogP contribution in [0, 0.1) is 6.92 Å². The first-order chi connectivity index (χ1) is 17.2. The molecule has 1 saturated heterocycles. The van der Waals surface area contributed by atoms with Gasteiger partial charge >= 0.3 is 0 Å². The van der Waals surface area contributed by atoms with Gasteiger partial charge in [0.1, 0.15) is 5.75 Å². The molecule has 0 atom stereocenters. The molecule has 0 saturated carbocycles. The summed E-state index contributed by atoms with van der Waals surface area (Å²) in [5.74, 6) is 0.241. The van der Waals surface area contributed by atoms with E-state index in [0.29, 0.717) is 22.7 Å². The topological polar surface area (TPSA) is 102 Å². The molecule has 0 bridgehead atoms. The number of hydrogen-bond acceptors (Lipinski definition) is 8. The van der Waals surface area contributed by atoms with Crippen LogP contribution in [0.1, 0.15) is 63.6 Å². The van der Waals surface area contributed by atoms with Crippen molar-refractivity contribution in [1.82, 2.24) is 19.8 Å². The molecule has 1 aliphatic rings. The van der Waals surface area contributed by atoms with Crippen LogP contribution in [0.3, 0.4) is 0 Å². The monoisotopic (exact) mass is 527 g/mol. The number of benzene rings is 1. The van der Waals surface area contributed by atoms with Gasteiger partial charge in [-0.1, -0.05) is 6.92 Å². The zero-order valence-corrected chi connectivity index (χ0v) is 22.9. The number of nitrogens with two attached hydrogens (primary N) is 1. The van der Waals surface area contributed by atoms with Gasteiger partial charge in [-0.3, -0.25) is 9.59 Å². The fourth-order valence-electron chi connectivity index (χ4n) is 4.25. The van der Waals surface area contributed by atoms with Crippen molar-refractivity contribution < 1.29 is 14.3 Å². The maximum Gasteiger partial charge on any atom is 0.282 e. The van der Waals surface area contributed by atoms with Crippen molar-refractivity contribution in [2.24, 2.45) is 5.73 Å². The Balaban J connectivity index is 1.53. The highest BCUT2D eigenvalue weighted by molar-refractivity contribution is 7.17. The Bertz CT molecular complexity index is 1240. The smallest absolute Gasteiger partial charge is 0.282 e. The molecule has 0 aliphatic carbocycles. The summed E-state index contributed by atoms with van der Waals surface area (Å²) in [6.45, 7) is 12.4. The maximum absolute atomic E-state index is 13.2. The van der Waals surface area contributed by atoms with Crippen LogP contribution in [0.25, 0.3) is 10.6 Å². The number of aryl methyl sites for hydroxylation is 1. The van der Waals surface area contributed by atoms with Crippen molar-refractivity contribution in [2.75, 3.05) is 32.7 Å². The molecular weight excluding hydrogens is 494 g/mol. The molecule has 0 spiro atoms. The van der Waals surface area contributed by atoms with E-state index in [4.69, 9.17) is 15.5 Å². The van der Waals surface area contributed by atoms with E-state index in [0.717, 1.165) is 66.0 Å². The first kappa shape index (κ1) is 26.2. The third-order valence-corrected chi connectivity index (χ3v) is 8.15. The van der Waals surface area contributed by atoms with Crippen molar-refractivity contribution in [1.29, 1.82) is 0 Å². The molecule has 36 heavy (non-hydrogen) atoms. The molecule has 3 heterocycles. The number of amides is 2. The molecule has 2 N–H and O–H groups in total. The lowest BCUT2D eigenvalue weighted by atomic mass is 10.1. The Kier molecular flexibility index (Phi) is 8.38. The van der Waals surface area contributed by atoms with Crippen LogP contribution < -0.4 is 10.5 Å². The van der Waals surface area contributed by atoms with Gasteiger partial charge in [0.25, 0.3) is 5.91 Å². The lowest BCUT2D eigenvalue weighted by Crippen LogP contribution is -2.35. The Morgan fingerprint density at radius 1 is 1.17 bits per heavy atom. The summed E-state index contributed by atoms with van der Waals surface area (Å²) in [5, 5.41) is 3.40. The van der Waals surface area contributed by atoms with Gasteiger partial charge in [0, 0.05) is 42.6 Å². The first-order valence-electron chi connectivity index (χ1n) is 12.3. The molecule has 4 rings (SSSR count). The summed E-state index contributed by atoms with van der Waals surface area (Å²) in [4.78, 5) is 39.6. The summed E-state index contributed by atoms with van der Waals surface area (Å²) in [6, 6.07) is 5.24. The molecule has 192 valence electrons. The number of aromatic nitrogens is 2. The van der Waals surface area contributed by atoms with E-state index in [9.17, 15) is 9.59 Å². The van der Waals surface area contributed by atoms with Crippen LogP contribution in [0.5, 0.6) is 5.75 Å². The van der Waals surface area contributed by atoms with Gasteiger partial charge < -0.3 is 20.3 Å². The molecular formula is C26H33N5O3S2. The zero-order chi connectivity index (χ0) is 25.8. The number of nitrogens with zero attached hydrogens (tertiary/aromatic N) is 4. The Labute approximate surface area is 220 Å². The van der Waals surface area contributed by atoms with Crippen molar-refractivity contribution in [3.8, 4) is 16.3 Å². The number of rotatable bonds is 8. The summed E-state index contributed by atoms with van der Waals surface area (Å²) in [7, 11) is 0. The lowest BCUT2D eigenvalue weighted by molar-refractivity contribution is 0.0761. The first-order valence-corrected chi connectivity index (χ1v) is 14.0. The minimum atomic E-state index is -0.475. The average Bonchev–Trinajstić information content (AvgIpc) is 3.37. The molecule has 10 heteroatoms. The van der Waals surface area contributed by atoms with E-state index < -0.39 is 5.91 Å². The fraction of sp³-hybridized carbons (Fsp3) is 0.462. The minimum Gasteiger partial charge on any atom is -0.491 e. The SMILES string of the molecule is CCN1CCCN(C(=O)c2nc(C)c(-c3csc(Cc4cc(C(N)=O)ccc4OC(C)C)n3)s2)CC1. The van der Waals surface area contributed by atoms with E-state index in [1.807, 2.05) is 31.1 Å². The number of thiazole rings is 2. The number of hydrogen-bond donors (Lipinski definition) is 1. The van der Waals surface area contributed by atoms with Crippen LogP contribution >= 0.6 is 22.7 Å². The standard InChI is InChI=1S/C26H33N5O3S2/c1-5-30-9-6-10-31(12-11-30)26(33)25-28-17(4)23(36-25)20-15-35-22(29-20)14-19-13-18(24(27)32)7-8-21(19)34-16(2)3/h7-8,13,15-16H,5-6,9-12,14H2,1-4H3,(H2,27,32). The average molecular weight is 528 g/mol. The second-order valence-electron chi connectivity index (χ2n) is 9.17. The number of carbonyl (C=O) groups excluding carboxylic acids is 2. The van der Waals surface area contributed by atoms with E-state index in [1.54, 1.807) is 18.2 Å². The summed E-state index contributed by atoms with van der Waals surface area (Å²) in [6.07, 6.45) is 1.49. The molecule has 8 nitrogen and oxygen atoms in total. The van der Waals surface area contributed by atoms with Crippen molar-refractivity contribution in [2.45, 2.75) is 46.6 Å². The molecule has 0 unspecified atom stereocenters. The fourth-order valence-corrected chi connectivity index (χ4v) is 6.13. The summed E-state index contributed by atoms with van der Waals surface area (Å²) in [5.41, 5.74) is 8.42. The highest BCUT2D eigenvalue weighted by Crippen LogP contribution is 2.33. The minimum absolute atomic E-state index is 0.0000751. The van der Waals surface area contributed by atoms with Crippen molar-refractivity contribution in [3.05, 3.63) is 50.4 Å². The van der Waals surface area contributed by atoms with Gasteiger partial charge in [0.2, 0.25) is 5.91 Å². The zero-order valence-electron chi connectivity index (χ0n) is 21.2. The third-order valence-electron chi connectivity index (χ3n) is 6.14. The number of carbonyl (C=O) groups is 2. The molecule has 1 fully saturated rings. The summed E-state index contributed by atoms with van der Waals surface area (Å²) >= 11 is 2.94. The Hall–Kier alpha value is -2.82.